The molecule has 3 aromatic rings. The van der Waals surface area contributed by atoms with Gasteiger partial charge in [0.25, 0.3) is 5.91 Å². The third-order valence-corrected chi connectivity index (χ3v) is 5.34. The third-order valence-electron chi connectivity index (χ3n) is 5.34. The van der Waals surface area contributed by atoms with Gasteiger partial charge in [-0.1, -0.05) is 5.16 Å². The van der Waals surface area contributed by atoms with Crippen LogP contribution < -0.4 is 5.69 Å². The van der Waals surface area contributed by atoms with Gasteiger partial charge in [0.05, 0.1) is 5.52 Å². The molecule has 3 aromatic heterocycles. The van der Waals surface area contributed by atoms with Gasteiger partial charge in [-0.15, -0.1) is 0 Å². The molecule has 26 heavy (non-hydrogen) atoms. The van der Waals surface area contributed by atoms with E-state index < -0.39 is 0 Å². The number of carbonyl (C=O) groups excluding carboxylic acids is 1. The SMILES string of the molecule is CC1CC(c2ccc3c(n2)n(C)c(=O)n3C)CCN1C(=O)c1ccon1. The Morgan fingerprint density at radius 2 is 2.04 bits per heavy atom. The Kier molecular flexibility index (Phi) is 3.90. The second kappa shape index (κ2) is 6.12. The van der Waals surface area contributed by atoms with Crippen molar-refractivity contribution in [1.29, 1.82) is 0 Å². The first-order valence-electron chi connectivity index (χ1n) is 8.71. The summed E-state index contributed by atoms with van der Waals surface area (Å²) >= 11 is 0. The fourth-order valence-electron chi connectivity index (χ4n) is 3.82. The highest BCUT2D eigenvalue weighted by atomic mass is 16.5. The standard InChI is InChI=1S/C18H21N5O3/c1-11-10-12(6-8-23(11)17(24)14-7-9-26-20-14)13-4-5-15-16(19-13)22(3)18(25)21(15)2/h4-5,7,9,11-12H,6,8,10H2,1-3H3. The maximum atomic E-state index is 12.5. The van der Waals surface area contributed by atoms with Crippen LogP contribution in [0.5, 0.6) is 0 Å². The lowest BCUT2D eigenvalue weighted by atomic mass is 9.88. The maximum Gasteiger partial charge on any atom is 0.329 e. The molecule has 0 aromatic carbocycles. The molecule has 2 atom stereocenters. The average Bonchev–Trinajstić information content (AvgIpc) is 3.26. The van der Waals surface area contributed by atoms with Crippen LogP contribution in [0.3, 0.4) is 0 Å². The third kappa shape index (κ3) is 2.53. The average molecular weight is 355 g/mol. The van der Waals surface area contributed by atoms with Gasteiger partial charge in [0, 0.05) is 44.4 Å². The fraction of sp³-hybridized carbons (Fsp3) is 0.444. The Balaban J connectivity index is 1.57. The monoisotopic (exact) mass is 355 g/mol. The van der Waals surface area contributed by atoms with Crippen molar-refractivity contribution in [3.05, 3.63) is 46.3 Å². The van der Waals surface area contributed by atoms with Crippen LogP contribution in [0.25, 0.3) is 11.2 Å². The number of fused-ring (bicyclic) bond motifs is 1. The number of hydrogen-bond acceptors (Lipinski definition) is 5. The minimum Gasteiger partial charge on any atom is -0.364 e. The summed E-state index contributed by atoms with van der Waals surface area (Å²) < 4.78 is 7.96. The number of piperidine rings is 1. The van der Waals surface area contributed by atoms with Crippen LogP contribution in [0.1, 0.15) is 41.9 Å². The lowest BCUT2D eigenvalue weighted by Gasteiger charge is -2.37. The summed E-state index contributed by atoms with van der Waals surface area (Å²) in [5.41, 5.74) is 2.76. The van der Waals surface area contributed by atoms with Gasteiger partial charge in [-0.2, -0.15) is 0 Å². The molecule has 0 spiro atoms. The summed E-state index contributed by atoms with van der Waals surface area (Å²) in [6, 6.07) is 5.62. The van der Waals surface area contributed by atoms with Crippen LogP contribution in [0.4, 0.5) is 0 Å². The van der Waals surface area contributed by atoms with E-state index in [2.05, 4.69) is 5.16 Å². The fourth-order valence-corrected chi connectivity index (χ4v) is 3.82. The summed E-state index contributed by atoms with van der Waals surface area (Å²) in [5.74, 6) is 0.157. The lowest BCUT2D eigenvalue weighted by Crippen LogP contribution is -2.44. The van der Waals surface area contributed by atoms with E-state index in [1.807, 2.05) is 24.0 Å². The molecular formula is C18H21N5O3. The summed E-state index contributed by atoms with van der Waals surface area (Å²) in [6.07, 6.45) is 3.06. The molecule has 1 saturated heterocycles. The van der Waals surface area contributed by atoms with Crippen LogP contribution in [-0.2, 0) is 14.1 Å². The first-order chi connectivity index (χ1) is 12.5. The molecule has 136 valence electrons. The number of likely N-dealkylation sites (tertiary alicyclic amines) is 1. The van der Waals surface area contributed by atoms with Crippen molar-refractivity contribution < 1.29 is 9.32 Å². The normalized spacial score (nSPS) is 20.7. The highest BCUT2D eigenvalue weighted by molar-refractivity contribution is 5.92. The van der Waals surface area contributed by atoms with Gasteiger partial charge in [0.15, 0.2) is 11.3 Å². The zero-order chi connectivity index (χ0) is 18.4. The molecule has 1 aliphatic heterocycles. The number of nitrogens with zero attached hydrogens (tertiary/aromatic N) is 5. The molecule has 8 heteroatoms. The van der Waals surface area contributed by atoms with E-state index in [4.69, 9.17) is 9.51 Å². The minimum absolute atomic E-state index is 0.0777. The van der Waals surface area contributed by atoms with Gasteiger partial charge in [-0.05, 0) is 31.9 Å². The second-order valence-electron chi connectivity index (χ2n) is 6.93. The number of amides is 1. The van der Waals surface area contributed by atoms with E-state index in [1.54, 1.807) is 29.3 Å². The highest BCUT2D eigenvalue weighted by Crippen LogP contribution is 2.32. The van der Waals surface area contributed by atoms with E-state index in [1.165, 1.54) is 6.26 Å². The molecule has 2 unspecified atom stereocenters. The summed E-state index contributed by atoms with van der Waals surface area (Å²) in [4.78, 5) is 31.2. The van der Waals surface area contributed by atoms with Crippen LogP contribution in [0, 0.1) is 0 Å². The van der Waals surface area contributed by atoms with Gasteiger partial charge in [-0.3, -0.25) is 13.9 Å². The summed E-state index contributed by atoms with van der Waals surface area (Å²) in [6.45, 7) is 2.69. The molecular weight excluding hydrogens is 334 g/mol. The Bertz CT molecular complexity index is 1020. The van der Waals surface area contributed by atoms with Gasteiger partial charge in [0.2, 0.25) is 0 Å². The topological polar surface area (TPSA) is 86.2 Å². The van der Waals surface area contributed by atoms with Crippen LogP contribution in [-0.4, -0.2) is 42.7 Å². The van der Waals surface area contributed by atoms with E-state index in [0.29, 0.717) is 17.9 Å². The predicted octanol–water partition coefficient (Wildman–Crippen LogP) is 1.67. The summed E-state index contributed by atoms with van der Waals surface area (Å²) in [7, 11) is 3.49. The van der Waals surface area contributed by atoms with Gasteiger partial charge >= 0.3 is 5.69 Å². The van der Waals surface area contributed by atoms with Crippen molar-refractivity contribution in [2.45, 2.75) is 31.7 Å². The number of rotatable bonds is 2. The molecule has 8 nitrogen and oxygen atoms in total. The quantitative estimate of drug-likeness (QED) is 0.698. The van der Waals surface area contributed by atoms with Crippen molar-refractivity contribution >= 4 is 17.1 Å². The number of pyridine rings is 1. The smallest absolute Gasteiger partial charge is 0.329 e. The number of carbonyl (C=O) groups is 1. The maximum absolute atomic E-state index is 12.5. The highest BCUT2D eigenvalue weighted by Gasteiger charge is 2.32. The molecule has 0 N–H and O–H groups in total. The largest absolute Gasteiger partial charge is 0.364 e. The predicted molar refractivity (Wildman–Crippen MR) is 94.9 cm³/mol. The lowest BCUT2D eigenvalue weighted by molar-refractivity contribution is 0.0604. The van der Waals surface area contributed by atoms with Crippen molar-refractivity contribution in [3.8, 4) is 0 Å². The Morgan fingerprint density at radius 1 is 1.23 bits per heavy atom. The van der Waals surface area contributed by atoms with E-state index in [-0.39, 0.29) is 23.6 Å². The van der Waals surface area contributed by atoms with Crippen LogP contribution >= 0.6 is 0 Å². The van der Waals surface area contributed by atoms with Crippen LogP contribution in [0.2, 0.25) is 0 Å². The van der Waals surface area contributed by atoms with Crippen molar-refractivity contribution in [3.63, 3.8) is 0 Å². The Hall–Kier alpha value is -2.90. The molecule has 1 fully saturated rings. The van der Waals surface area contributed by atoms with Gasteiger partial charge in [0.1, 0.15) is 6.26 Å². The zero-order valence-electron chi connectivity index (χ0n) is 15.0. The number of hydrogen-bond donors (Lipinski definition) is 0. The molecule has 1 aliphatic rings. The molecule has 0 saturated carbocycles. The van der Waals surface area contributed by atoms with Crippen molar-refractivity contribution in [1.82, 2.24) is 24.2 Å². The van der Waals surface area contributed by atoms with Crippen molar-refractivity contribution in [2.75, 3.05) is 6.54 Å². The summed E-state index contributed by atoms with van der Waals surface area (Å²) in [5, 5.41) is 3.74. The minimum atomic E-state index is -0.0985. The van der Waals surface area contributed by atoms with E-state index in [9.17, 15) is 9.59 Å². The molecule has 4 heterocycles. The second-order valence-corrected chi connectivity index (χ2v) is 6.93. The molecule has 0 radical (unpaired) electrons. The van der Waals surface area contributed by atoms with Gasteiger partial charge in [-0.25, -0.2) is 9.78 Å². The molecule has 0 aliphatic carbocycles. The first kappa shape index (κ1) is 16.6. The number of aromatic nitrogens is 4. The number of imidazole rings is 1. The molecule has 4 rings (SSSR count). The zero-order valence-corrected chi connectivity index (χ0v) is 15.0. The Morgan fingerprint density at radius 3 is 2.73 bits per heavy atom. The Labute approximate surface area is 150 Å². The van der Waals surface area contributed by atoms with E-state index >= 15 is 0 Å². The molecule has 1 amide bonds. The first-order valence-corrected chi connectivity index (χ1v) is 8.71. The van der Waals surface area contributed by atoms with Gasteiger partial charge < -0.3 is 9.42 Å². The number of aryl methyl sites for hydroxylation is 2. The van der Waals surface area contributed by atoms with E-state index in [0.717, 1.165) is 24.1 Å². The van der Waals surface area contributed by atoms with Crippen LogP contribution in [0.15, 0.2) is 33.8 Å². The van der Waals surface area contributed by atoms with Crippen molar-refractivity contribution in [2.24, 2.45) is 14.1 Å². The molecule has 0 bridgehead atoms.